The average Bonchev–Trinajstić information content (AvgIpc) is 2.53. The van der Waals surface area contributed by atoms with E-state index in [2.05, 4.69) is 10.6 Å². The summed E-state index contributed by atoms with van der Waals surface area (Å²) in [6, 6.07) is 6.15. The van der Waals surface area contributed by atoms with Crippen LogP contribution in [0.1, 0.15) is 6.42 Å². The molecule has 2 rings (SSSR count). The number of nitrogens with one attached hydrogen (secondary N) is 2. The number of carbonyl (C=O) groups excluding carboxylic acids is 2. The molecule has 1 saturated heterocycles. The van der Waals surface area contributed by atoms with Gasteiger partial charge in [0.1, 0.15) is 38.0 Å². The Morgan fingerprint density at radius 2 is 2.14 bits per heavy atom. The van der Waals surface area contributed by atoms with Crippen LogP contribution in [0.15, 0.2) is 24.3 Å². The highest BCUT2D eigenvalue weighted by molar-refractivity contribution is 5.93. The number of quaternary nitrogens is 2. The van der Waals surface area contributed by atoms with Crippen LogP contribution in [-0.4, -0.2) is 51.2 Å². The number of hydrogen-bond donors (Lipinski definition) is 3. The summed E-state index contributed by atoms with van der Waals surface area (Å²) in [6.45, 7) is 3.20. The summed E-state index contributed by atoms with van der Waals surface area (Å²) in [6.07, 6.45) is -0.0884. The lowest BCUT2D eigenvalue weighted by atomic mass is 10.1. The van der Waals surface area contributed by atoms with Crippen molar-refractivity contribution >= 4 is 17.6 Å². The van der Waals surface area contributed by atoms with Gasteiger partial charge in [-0.15, -0.1) is 0 Å². The fourth-order valence-electron chi connectivity index (χ4n) is 2.69. The average molecular weight is 308 g/mol. The number of carbonyl (C=O) groups is 2. The van der Waals surface area contributed by atoms with Crippen molar-refractivity contribution in [3.05, 3.63) is 24.3 Å². The number of nitrogens with two attached hydrogens (primary N) is 1. The Balaban J connectivity index is 1.96. The van der Waals surface area contributed by atoms with Crippen LogP contribution < -0.4 is 25.4 Å². The lowest BCUT2D eigenvalue weighted by Crippen LogP contribution is -3.24. The second-order valence-electron chi connectivity index (χ2n) is 5.38. The van der Waals surface area contributed by atoms with Crippen LogP contribution in [-0.2, 0) is 9.59 Å². The Morgan fingerprint density at radius 1 is 1.41 bits per heavy atom. The van der Waals surface area contributed by atoms with Crippen LogP contribution in [0.3, 0.4) is 0 Å². The molecule has 4 N–H and O–H groups in total. The minimum Gasteiger partial charge on any atom is -0.544 e. The van der Waals surface area contributed by atoms with Crippen molar-refractivity contribution in [2.24, 2.45) is 0 Å². The van der Waals surface area contributed by atoms with E-state index in [4.69, 9.17) is 4.74 Å². The molecule has 1 aliphatic heterocycles. The lowest BCUT2D eigenvalue weighted by molar-refractivity contribution is -0.961. The van der Waals surface area contributed by atoms with Crippen molar-refractivity contribution in [3.8, 4) is 5.75 Å². The number of piperazine rings is 1. The van der Waals surface area contributed by atoms with Crippen molar-refractivity contribution in [2.45, 2.75) is 12.5 Å². The molecule has 0 unspecified atom stereocenters. The van der Waals surface area contributed by atoms with E-state index in [1.54, 1.807) is 31.4 Å². The third-order valence-electron chi connectivity index (χ3n) is 3.86. The van der Waals surface area contributed by atoms with Crippen LogP contribution in [0.25, 0.3) is 0 Å². The number of ether oxygens (including phenoxy) is 1. The summed E-state index contributed by atoms with van der Waals surface area (Å²) in [5.41, 5.74) is 0.587. The second kappa shape index (κ2) is 7.77. The van der Waals surface area contributed by atoms with E-state index in [1.165, 1.54) is 0 Å². The molecule has 7 heteroatoms. The fourth-order valence-corrected chi connectivity index (χ4v) is 2.69. The van der Waals surface area contributed by atoms with Gasteiger partial charge in [0.05, 0.1) is 19.5 Å². The molecule has 0 bridgehead atoms. The first kappa shape index (κ1) is 16.3. The second-order valence-corrected chi connectivity index (χ2v) is 5.38. The first-order chi connectivity index (χ1) is 10.6. The van der Waals surface area contributed by atoms with Crippen molar-refractivity contribution < 1.29 is 29.6 Å². The zero-order valence-corrected chi connectivity index (χ0v) is 12.6. The van der Waals surface area contributed by atoms with Gasteiger partial charge < -0.3 is 30.2 Å². The summed E-state index contributed by atoms with van der Waals surface area (Å²) in [5.74, 6) is -0.867. The number of rotatable bonds is 6. The molecule has 7 nitrogen and oxygen atoms in total. The van der Waals surface area contributed by atoms with E-state index < -0.39 is 12.0 Å². The molecule has 1 aliphatic rings. The van der Waals surface area contributed by atoms with Crippen molar-refractivity contribution in [3.63, 3.8) is 0 Å². The van der Waals surface area contributed by atoms with Gasteiger partial charge in [-0.2, -0.15) is 0 Å². The number of carboxylic acid groups (broad SMARTS) is 1. The number of benzene rings is 1. The van der Waals surface area contributed by atoms with Gasteiger partial charge in [0, 0.05) is 11.8 Å². The number of aliphatic carboxylic acids is 1. The van der Waals surface area contributed by atoms with Crippen LogP contribution in [0.5, 0.6) is 5.75 Å². The molecule has 0 saturated carbocycles. The molecule has 1 amide bonds. The normalized spacial score (nSPS) is 16.8. The summed E-state index contributed by atoms with van der Waals surface area (Å²) in [4.78, 5) is 24.4. The summed E-state index contributed by atoms with van der Waals surface area (Å²) >= 11 is 0. The van der Waals surface area contributed by atoms with Crippen LogP contribution in [0, 0.1) is 0 Å². The van der Waals surface area contributed by atoms with Gasteiger partial charge in [0.25, 0.3) is 0 Å². The summed E-state index contributed by atoms with van der Waals surface area (Å²) in [5, 5.41) is 16.2. The largest absolute Gasteiger partial charge is 0.544 e. The molecule has 0 aliphatic carbocycles. The van der Waals surface area contributed by atoms with Crippen molar-refractivity contribution in [1.82, 2.24) is 0 Å². The molecular formula is C15H22N3O4+. The van der Waals surface area contributed by atoms with Crippen LogP contribution in [0.2, 0.25) is 0 Å². The highest BCUT2D eigenvalue weighted by Crippen LogP contribution is 2.16. The highest BCUT2D eigenvalue weighted by Gasteiger charge is 2.29. The smallest absolute Gasteiger partial charge is 0.230 e. The molecule has 1 aromatic carbocycles. The molecule has 1 fully saturated rings. The van der Waals surface area contributed by atoms with Crippen molar-refractivity contribution in [2.75, 3.05) is 38.6 Å². The fraction of sp³-hybridized carbons (Fsp3) is 0.467. The zero-order chi connectivity index (χ0) is 15.9. The minimum absolute atomic E-state index is 0.0884. The molecule has 0 radical (unpaired) electrons. The maximum absolute atomic E-state index is 12.1. The van der Waals surface area contributed by atoms with Gasteiger partial charge in [0.15, 0.2) is 0 Å². The summed E-state index contributed by atoms with van der Waals surface area (Å²) < 4.78 is 5.09. The molecule has 0 spiro atoms. The maximum atomic E-state index is 12.1. The van der Waals surface area contributed by atoms with Crippen LogP contribution in [0.4, 0.5) is 5.69 Å². The van der Waals surface area contributed by atoms with E-state index in [0.717, 1.165) is 31.1 Å². The van der Waals surface area contributed by atoms with E-state index >= 15 is 0 Å². The highest BCUT2D eigenvalue weighted by atomic mass is 16.5. The van der Waals surface area contributed by atoms with E-state index in [-0.39, 0.29) is 12.3 Å². The number of anilines is 1. The molecule has 1 aromatic rings. The molecule has 0 aromatic heterocycles. The Kier molecular flexibility index (Phi) is 5.74. The third kappa shape index (κ3) is 4.44. The molecule has 1 atom stereocenters. The van der Waals surface area contributed by atoms with Gasteiger partial charge in [0.2, 0.25) is 5.91 Å². The van der Waals surface area contributed by atoms with Gasteiger partial charge in [-0.3, -0.25) is 4.79 Å². The first-order valence-electron chi connectivity index (χ1n) is 7.41. The van der Waals surface area contributed by atoms with Gasteiger partial charge in [-0.1, -0.05) is 6.07 Å². The molecule has 120 valence electrons. The lowest BCUT2D eigenvalue weighted by Gasteiger charge is -2.30. The van der Waals surface area contributed by atoms with Gasteiger partial charge in [-0.25, -0.2) is 0 Å². The predicted octanol–water partition coefficient (Wildman–Crippen LogP) is -3.40. The number of amides is 1. The maximum Gasteiger partial charge on any atom is 0.230 e. The monoisotopic (exact) mass is 308 g/mol. The zero-order valence-electron chi connectivity index (χ0n) is 12.6. The third-order valence-corrected chi connectivity index (χ3v) is 3.86. The number of carboxylic acids is 1. The Bertz CT molecular complexity index is 529. The SMILES string of the molecule is COc1cccc(NC(=O)C[C@@H](C(=O)[O-])[NH+]2CC[NH2+]CC2)c1. The van der Waals surface area contributed by atoms with Gasteiger partial charge >= 0.3 is 0 Å². The molecule has 1 heterocycles. The Hall–Kier alpha value is -2.12. The Morgan fingerprint density at radius 3 is 2.77 bits per heavy atom. The molecular weight excluding hydrogens is 286 g/mol. The number of hydrogen-bond acceptors (Lipinski definition) is 4. The number of methoxy groups -OCH3 is 1. The van der Waals surface area contributed by atoms with Crippen molar-refractivity contribution in [1.29, 1.82) is 0 Å². The van der Waals surface area contributed by atoms with E-state index in [1.807, 2.05) is 0 Å². The topological polar surface area (TPSA) is 99.5 Å². The summed E-state index contributed by atoms with van der Waals surface area (Å²) in [7, 11) is 1.55. The molecule has 22 heavy (non-hydrogen) atoms. The first-order valence-corrected chi connectivity index (χ1v) is 7.41. The van der Waals surface area contributed by atoms with Crippen LogP contribution >= 0.6 is 0 Å². The minimum atomic E-state index is -1.17. The van der Waals surface area contributed by atoms with Gasteiger partial charge in [-0.05, 0) is 12.1 Å². The Labute approximate surface area is 129 Å². The van der Waals surface area contributed by atoms with E-state index in [9.17, 15) is 14.7 Å². The quantitative estimate of drug-likeness (QED) is 0.510. The predicted molar refractivity (Wildman–Crippen MR) is 77.4 cm³/mol. The van der Waals surface area contributed by atoms with E-state index in [0.29, 0.717) is 11.4 Å². The standard InChI is InChI=1S/C15H21N3O4/c1-22-12-4-2-3-11(9-12)17-14(19)10-13(15(20)21)18-7-5-16-6-8-18/h2-4,9,13,16H,5-8,10H2,1H3,(H,17,19)(H,20,21)/p+1/t13-/m0/s1.